The minimum Gasteiger partial charge on any atom is -0.361 e. The number of aromatic nitrogens is 1. The first-order valence-electron chi connectivity index (χ1n) is 15.2. The van der Waals surface area contributed by atoms with E-state index in [4.69, 9.17) is 0 Å². The van der Waals surface area contributed by atoms with Crippen molar-refractivity contribution in [2.45, 2.75) is 38.9 Å². The van der Waals surface area contributed by atoms with Crippen LogP contribution in [0.25, 0.3) is 22.0 Å². The highest BCUT2D eigenvalue weighted by molar-refractivity contribution is 5.97. The first-order valence-corrected chi connectivity index (χ1v) is 15.2. The number of rotatable bonds is 12. The molecule has 5 nitrogen and oxygen atoms in total. The summed E-state index contributed by atoms with van der Waals surface area (Å²) in [6, 6.07) is 30.0. The molecular formula is C37H36F3N3O2. The molecule has 0 atom stereocenters. The quantitative estimate of drug-likeness (QED) is 0.154. The largest absolute Gasteiger partial charge is 0.416 e. The molecule has 0 radical (unpaired) electrons. The lowest BCUT2D eigenvalue weighted by molar-refractivity contribution is -0.137. The van der Waals surface area contributed by atoms with Gasteiger partial charge in [-0.15, -0.1) is 0 Å². The average Bonchev–Trinajstić information content (AvgIpc) is 3.48. The highest BCUT2D eigenvalue weighted by Gasteiger charge is 2.30. The molecule has 4 aromatic carbocycles. The zero-order valence-corrected chi connectivity index (χ0v) is 25.2. The molecule has 0 saturated heterocycles. The molecule has 5 aromatic rings. The number of fused-ring (bicyclic) bond motifs is 1. The maximum absolute atomic E-state index is 13.9. The number of nitrogens with one attached hydrogen (secondary N) is 1. The number of carbonyl (C=O) groups excluding carboxylic acids is 2. The van der Waals surface area contributed by atoms with Gasteiger partial charge in [-0.3, -0.25) is 9.59 Å². The van der Waals surface area contributed by atoms with Crippen LogP contribution < -0.4 is 0 Å². The van der Waals surface area contributed by atoms with Crippen LogP contribution in [0.15, 0.2) is 109 Å². The lowest BCUT2D eigenvalue weighted by atomic mass is 10.0. The maximum Gasteiger partial charge on any atom is 0.416 e. The van der Waals surface area contributed by atoms with Crippen molar-refractivity contribution in [3.63, 3.8) is 0 Å². The van der Waals surface area contributed by atoms with Gasteiger partial charge in [-0.2, -0.15) is 13.2 Å². The number of para-hydroxylation sites is 1. The molecule has 0 aliphatic carbocycles. The number of H-pyrrole nitrogens is 1. The monoisotopic (exact) mass is 611 g/mol. The molecule has 0 saturated carbocycles. The minimum atomic E-state index is -4.44. The summed E-state index contributed by atoms with van der Waals surface area (Å²) in [5.41, 5.74) is 4.39. The lowest BCUT2D eigenvalue weighted by Gasteiger charge is -2.28. The van der Waals surface area contributed by atoms with Gasteiger partial charge in [0.2, 0.25) is 5.91 Å². The molecule has 0 fully saturated rings. The molecule has 1 heterocycles. The van der Waals surface area contributed by atoms with Crippen molar-refractivity contribution < 1.29 is 22.8 Å². The fraction of sp³-hybridized carbons (Fsp3) is 0.243. The van der Waals surface area contributed by atoms with Crippen LogP contribution in [0.2, 0.25) is 0 Å². The van der Waals surface area contributed by atoms with E-state index in [1.54, 1.807) is 21.9 Å². The van der Waals surface area contributed by atoms with E-state index in [1.165, 1.54) is 12.1 Å². The van der Waals surface area contributed by atoms with Gasteiger partial charge in [-0.1, -0.05) is 86.1 Å². The zero-order valence-electron chi connectivity index (χ0n) is 25.2. The molecule has 0 aliphatic rings. The molecule has 0 bridgehead atoms. The number of alkyl halides is 3. The predicted molar refractivity (Wildman–Crippen MR) is 172 cm³/mol. The average molecular weight is 612 g/mol. The summed E-state index contributed by atoms with van der Waals surface area (Å²) in [4.78, 5) is 34.0. The van der Waals surface area contributed by atoms with Crippen molar-refractivity contribution >= 4 is 22.7 Å². The number of benzene rings is 4. The van der Waals surface area contributed by atoms with E-state index in [9.17, 15) is 22.8 Å². The Hall–Kier alpha value is -4.85. The second kappa shape index (κ2) is 14.3. The maximum atomic E-state index is 13.9. The molecule has 0 aliphatic heterocycles. The Kier molecular flexibility index (Phi) is 10.0. The van der Waals surface area contributed by atoms with Gasteiger partial charge in [0.25, 0.3) is 5.91 Å². The summed E-state index contributed by atoms with van der Waals surface area (Å²) in [7, 11) is 0. The first kappa shape index (κ1) is 31.6. The Labute approximate surface area is 261 Å². The lowest BCUT2D eigenvalue weighted by Crippen LogP contribution is -2.43. The van der Waals surface area contributed by atoms with Gasteiger partial charge in [-0.05, 0) is 65.4 Å². The smallest absolute Gasteiger partial charge is 0.361 e. The Morgan fingerprint density at radius 1 is 0.756 bits per heavy atom. The highest BCUT2D eigenvalue weighted by atomic mass is 19.4. The number of amides is 2. The van der Waals surface area contributed by atoms with E-state index in [0.717, 1.165) is 52.6 Å². The summed E-state index contributed by atoms with van der Waals surface area (Å²) in [6.45, 7) is 2.77. The van der Waals surface area contributed by atoms with Crippen molar-refractivity contribution in [1.29, 1.82) is 0 Å². The highest BCUT2D eigenvalue weighted by Crippen LogP contribution is 2.29. The molecule has 45 heavy (non-hydrogen) atoms. The van der Waals surface area contributed by atoms with Crippen LogP contribution >= 0.6 is 0 Å². The molecule has 8 heteroatoms. The number of halogens is 3. The van der Waals surface area contributed by atoms with Crippen LogP contribution in [0, 0.1) is 0 Å². The number of aromatic amines is 1. The van der Waals surface area contributed by atoms with Gasteiger partial charge in [-0.25, -0.2) is 0 Å². The Bertz CT molecular complexity index is 1710. The second-order valence-corrected chi connectivity index (χ2v) is 11.1. The van der Waals surface area contributed by atoms with Crippen molar-refractivity contribution in [3.8, 4) is 11.1 Å². The van der Waals surface area contributed by atoms with Crippen LogP contribution in [0.5, 0.6) is 0 Å². The minimum absolute atomic E-state index is 0.126. The topological polar surface area (TPSA) is 56.4 Å². The third-order valence-electron chi connectivity index (χ3n) is 7.97. The van der Waals surface area contributed by atoms with E-state index < -0.39 is 11.7 Å². The molecule has 1 N–H and O–H groups in total. The predicted octanol–water partition coefficient (Wildman–Crippen LogP) is 8.37. The van der Waals surface area contributed by atoms with Gasteiger partial charge < -0.3 is 14.8 Å². The molecule has 0 spiro atoms. The van der Waals surface area contributed by atoms with Crippen LogP contribution in [-0.4, -0.2) is 46.2 Å². The fourth-order valence-corrected chi connectivity index (χ4v) is 5.39. The van der Waals surface area contributed by atoms with E-state index in [2.05, 4.69) is 4.98 Å². The standard InChI is InChI=1S/C37H36F3N3O2/c1-2-3-22-43(36(45)30-17-15-29(16-18-30)28-9-5-4-6-10-28)26-35(44)42(25-27-13-19-32(20-14-27)37(38,39)40)23-21-31-24-41-34-12-8-7-11-33(31)34/h4-20,24,41H,2-3,21-23,25-26H2,1H3. The molecule has 1 aromatic heterocycles. The van der Waals surface area contributed by atoms with Gasteiger partial charge >= 0.3 is 6.18 Å². The Morgan fingerprint density at radius 2 is 1.42 bits per heavy atom. The summed E-state index contributed by atoms with van der Waals surface area (Å²) in [5, 5.41) is 1.05. The first-order chi connectivity index (χ1) is 21.7. The summed E-state index contributed by atoms with van der Waals surface area (Å²) in [6.07, 6.45) is -0.402. The number of nitrogens with zero attached hydrogens (tertiary/aromatic N) is 2. The summed E-state index contributed by atoms with van der Waals surface area (Å²) in [5.74, 6) is -0.498. The van der Waals surface area contributed by atoms with Crippen molar-refractivity contribution in [2.24, 2.45) is 0 Å². The van der Waals surface area contributed by atoms with Crippen molar-refractivity contribution in [1.82, 2.24) is 14.8 Å². The zero-order chi connectivity index (χ0) is 31.8. The van der Waals surface area contributed by atoms with E-state index in [0.29, 0.717) is 30.6 Å². The van der Waals surface area contributed by atoms with E-state index in [1.807, 2.05) is 79.9 Å². The third-order valence-corrected chi connectivity index (χ3v) is 7.97. The number of unbranched alkanes of at least 4 members (excludes halogenated alkanes) is 1. The van der Waals surface area contributed by atoms with Gasteiger partial charge in [0.15, 0.2) is 0 Å². The molecule has 232 valence electrons. The Balaban J connectivity index is 1.35. The van der Waals surface area contributed by atoms with Crippen molar-refractivity contribution in [3.05, 3.63) is 132 Å². The number of hydrogen-bond donors (Lipinski definition) is 1. The van der Waals surface area contributed by atoms with Crippen LogP contribution in [0.1, 0.15) is 46.8 Å². The van der Waals surface area contributed by atoms with Gasteiger partial charge in [0, 0.05) is 42.3 Å². The number of hydrogen-bond acceptors (Lipinski definition) is 2. The van der Waals surface area contributed by atoms with Crippen molar-refractivity contribution in [2.75, 3.05) is 19.6 Å². The van der Waals surface area contributed by atoms with E-state index in [-0.39, 0.29) is 24.9 Å². The number of carbonyl (C=O) groups is 2. The fourth-order valence-electron chi connectivity index (χ4n) is 5.39. The SMILES string of the molecule is CCCCN(CC(=O)N(CCc1c[nH]c2ccccc12)Cc1ccc(C(F)(F)F)cc1)C(=O)c1ccc(-c2ccccc2)cc1. The molecule has 5 rings (SSSR count). The third kappa shape index (κ3) is 8.01. The normalized spacial score (nSPS) is 11.5. The van der Waals surface area contributed by atoms with E-state index >= 15 is 0 Å². The molecule has 2 amide bonds. The summed E-state index contributed by atoms with van der Waals surface area (Å²) >= 11 is 0. The van der Waals surface area contributed by atoms with Crippen LogP contribution in [0.4, 0.5) is 13.2 Å². The molecule has 0 unspecified atom stereocenters. The van der Waals surface area contributed by atoms with Crippen LogP contribution in [0.3, 0.4) is 0 Å². The summed E-state index contributed by atoms with van der Waals surface area (Å²) < 4.78 is 39.5. The van der Waals surface area contributed by atoms with Crippen LogP contribution in [-0.2, 0) is 23.9 Å². The Morgan fingerprint density at radius 3 is 2.11 bits per heavy atom. The van der Waals surface area contributed by atoms with Gasteiger partial charge in [0.1, 0.15) is 6.54 Å². The molecular weight excluding hydrogens is 575 g/mol. The van der Waals surface area contributed by atoms with Gasteiger partial charge in [0.05, 0.1) is 5.56 Å². The second-order valence-electron chi connectivity index (χ2n) is 11.1.